The van der Waals surface area contributed by atoms with Crippen molar-refractivity contribution in [1.82, 2.24) is 4.72 Å². The Balaban J connectivity index is 2.57. The zero-order chi connectivity index (χ0) is 16.7. The fraction of sp³-hybridized carbons (Fsp3) is 0.500. The number of nitrogens with zero attached hydrogens (tertiary/aromatic N) is 1. The highest BCUT2D eigenvalue weighted by atomic mass is 79.9. The maximum atomic E-state index is 14.5. The van der Waals surface area contributed by atoms with E-state index in [1.165, 1.54) is 12.1 Å². The van der Waals surface area contributed by atoms with E-state index in [4.69, 9.17) is 4.74 Å². The predicted molar refractivity (Wildman–Crippen MR) is 82.8 cm³/mol. The first-order chi connectivity index (χ1) is 10.1. The number of rotatable bonds is 2. The minimum atomic E-state index is -1.92. The van der Waals surface area contributed by atoms with Crippen LogP contribution in [-0.4, -0.2) is 22.1 Å². The van der Waals surface area contributed by atoms with Gasteiger partial charge in [-0.25, -0.2) is 8.78 Å². The zero-order valence-electron chi connectivity index (χ0n) is 12.2. The standard InChI is InChI=1S/C14H15BrF2N2O2S/c1-13(2,3)22(20)19-14(7-18)8-4-5-9(15)11(17)12(8)21-6-10(14)16/h4-5,10,19H,6H2,1-3H3/t10-,14+,22?/m1/s1. The van der Waals surface area contributed by atoms with Crippen LogP contribution in [-0.2, 0) is 16.9 Å². The van der Waals surface area contributed by atoms with Crippen LogP contribution in [0.3, 0.4) is 0 Å². The van der Waals surface area contributed by atoms with Gasteiger partial charge in [0.05, 0.1) is 10.5 Å². The van der Waals surface area contributed by atoms with Crippen molar-refractivity contribution in [3.05, 3.63) is 28.0 Å². The van der Waals surface area contributed by atoms with Crippen LogP contribution < -0.4 is 9.46 Å². The zero-order valence-corrected chi connectivity index (χ0v) is 14.6. The molecule has 4 nitrogen and oxygen atoms in total. The second-order valence-electron chi connectivity index (χ2n) is 5.92. The van der Waals surface area contributed by atoms with E-state index in [0.29, 0.717) is 0 Å². The lowest BCUT2D eigenvalue weighted by atomic mass is 9.85. The Labute approximate surface area is 139 Å². The first kappa shape index (κ1) is 17.5. The van der Waals surface area contributed by atoms with Crippen LogP contribution in [0.4, 0.5) is 8.78 Å². The summed E-state index contributed by atoms with van der Waals surface area (Å²) in [5.74, 6) is -0.921. The van der Waals surface area contributed by atoms with Crippen molar-refractivity contribution in [2.24, 2.45) is 0 Å². The lowest BCUT2D eigenvalue weighted by Crippen LogP contribution is -2.58. The fourth-order valence-electron chi connectivity index (χ4n) is 2.01. The second-order valence-corrected chi connectivity index (χ2v) is 8.74. The summed E-state index contributed by atoms with van der Waals surface area (Å²) in [5.41, 5.74) is -1.92. The Morgan fingerprint density at radius 1 is 1.55 bits per heavy atom. The molecule has 0 spiro atoms. The first-order valence-corrected chi connectivity index (χ1v) is 8.44. The molecule has 0 saturated carbocycles. The molecule has 1 aromatic carbocycles. The van der Waals surface area contributed by atoms with E-state index in [9.17, 15) is 18.6 Å². The van der Waals surface area contributed by atoms with Crippen LogP contribution in [0.1, 0.15) is 26.3 Å². The summed E-state index contributed by atoms with van der Waals surface area (Å²) in [6, 6.07) is 4.59. The summed E-state index contributed by atoms with van der Waals surface area (Å²) >= 11 is 1.30. The van der Waals surface area contributed by atoms with Gasteiger partial charge in [0.25, 0.3) is 0 Å². The van der Waals surface area contributed by atoms with Gasteiger partial charge >= 0.3 is 0 Å². The van der Waals surface area contributed by atoms with Crippen molar-refractivity contribution in [2.45, 2.75) is 37.2 Å². The average Bonchev–Trinajstić information content (AvgIpc) is 2.44. The molecule has 1 aromatic rings. The molecule has 0 saturated heterocycles. The third kappa shape index (κ3) is 2.83. The summed E-state index contributed by atoms with van der Waals surface area (Å²) in [5, 5.41) is 9.56. The predicted octanol–water partition coefficient (Wildman–Crippen LogP) is 3.09. The van der Waals surface area contributed by atoms with E-state index in [1.54, 1.807) is 20.8 Å². The van der Waals surface area contributed by atoms with Crippen molar-refractivity contribution >= 4 is 27.3 Å². The molecule has 22 heavy (non-hydrogen) atoms. The number of ether oxygens (including phenoxy) is 1. The van der Waals surface area contributed by atoms with Gasteiger partial charge in [0, 0.05) is 16.9 Å². The van der Waals surface area contributed by atoms with Crippen LogP contribution in [0.2, 0.25) is 0 Å². The van der Waals surface area contributed by atoms with E-state index in [2.05, 4.69) is 20.7 Å². The Morgan fingerprint density at radius 3 is 2.73 bits per heavy atom. The highest BCUT2D eigenvalue weighted by molar-refractivity contribution is 9.10. The van der Waals surface area contributed by atoms with Crippen molar-refractivity contribution in [3.63, 3.8) is 0 Å². The maximum Gasteiger partial charge on any atom is 0.212 e. The Kier molecular flexibility index (Phi) is 4.74. The highest BCUT2D eigenvalue weighted by Gasteiger charge is 2.53. The van der Waals surface area contributed by atoms with Crippen molar-refractivity contribution in [3.8, 4) is 11.8 Å². The molecular formula is C14H15BrF2N2O2S. The van der Waals surface area contributed by atoms with E-state index >= 15 is 0 Å². The molecule has 0 radical (unpaired) electrons. The van der Waals surface area contributed by atoms with Gasteiger partial charge in [-0.05, 0) is 42.8 Å². The topological polar surface area (TPSA) is 68.1 Å². The van der Waals surface area contributed by atoms with Crippen LogP contribution in [0.15, 0.2) is 16.6 Å². The number of hydrogen-bond acceptors (Lipinski definition) is 4. The maximum absolute atomic E-state index is 14.5. The minimum absolute atomic E-state index is 0.00653. The largest absolute Gasteiger partial charge is 0.598 e. The Bertz CT molecular complexity index is 632. The molecule has 8 heteroatoms. The third-order valence-electron chi connectivity index (χ3n) is 3.30. The molecule has 3 atom stereocenters. The molecule has 2 rings (SSSR count). The van der Waals surface area contributed by atoms with Crippen LogP contribution >= 0.6 is 15.9 Å². The minimum Gasteiger partial charge on any atom is -0.598 e. The van der Waals surface area contributed by atoms with Gasteiger partial charge in [-0.3, -0.25) is 0 Å². The Morgan fingerprint density at radius 2 is 2.18 bits per heavy atom. The molecule has 0 bridgehead atoms. The van der Waals surface area contributed by atoms with Crippen LogP contribution in [0.5, 0.6) is 5.75 Å². The van der Waals surface area contributed by atoms with Gasteiger partial charge in [0.15, 0.2) is 17.7 Å². The highest BCUT2D eigenvalue weighted by Crippen LogP contribution is 2.42. The van der Waals surface area contributed by atoms with E-state index in [1.807, 2.05) is 6.07 Å². The summed E-state index contributed by atoms with van der Waals surface area (Å²) < 4.78 is 48.1. The number of benzene rings is 1. The fourth-order valence-corrected chi connectivity index (χ4v) is 3.20. The van der Waals surface area contributed by atoms with Gasteiger partial charge < -0.3 is 9.29 Å². The number of hydrogen-bond donors (Lipinski definition) is 1. The van der Waals surface area contributed by atoms with Gasteiger partial charge in [0.1, 0.15) is 11.4 Å². The summed E-state index contributed by atoms with van der Waals surface area (Å²) in [4.78, 5) is 0. The second kappa shape index (κ2) is 5.96. The Hall–Kier alpha value is -0.880. The number of nitriles is 1. The molecular weight excluding hydrogens is 378 g/mol. The van der Waals surface area contributed by atoms with Gasteiger partial charge in [-0.2, -0.15) is 5.26 Å². The lowest BCUT2D eigenvalue weighted by molar-refractivity contribution is 0.104. The average molecular weight is 393 g/mol. The number of alkyl halides is 1. The van der Waals surface area contributed by atoms with Crippen molar-refractivity contribution in [2.75, 3.05) is 6.61 Å². The molecule has 1 aliphatic rings. The van der Waals surface area contributed by atoms with Gasteiger partial charge in [-0.1, -0.05) is 6.07 Å². The van der Waals surface area contributed by atoms with Crippen molar-refractivity contribution in [1.29, 1.82) is 5.26 Å². The smallest absolute Gasteiger partial charge is 0.212 e. The molecule has 0 fully saturated rings. The molecule has 1 N–H and O–H groups in total. The first-order valence-electron chi connectivity index (χ1n) is 6.50. The van der Waals surface area contributed by atoms with E-state index < -0.39 is 40.2 Å². The third-order valence-corrected chi connectivity index (χ3v) is 5.54. The number of halogens is 3. The molecule has 0 amide bonds. The summed E-state index contributed by atoms with van der Waals surface area (Å²) in [7, 11) is 0. The van der Waals surface area contributed by atoms with Crippen LogP contribution in [0.25, 0.3) is 0 Å². The van der Waals surface area contributed by atoms with Gasteiger partial charge in [0.2, 0.25) is 5.54 Å². The van der Waals surface area contributed by atoms with E-state index in [0.717, 1.165) is 0 Å². The SMILES string of the molecule is CC(C)(C)[S+]([O-])N[C@@]1(C#N)c2ccc(Br)c(F)c2OC[C@H]1F. The van der Waals surface area contributed by atoms with E-state index in [-0.39, 0.29) is 15.8 Å². The normalized spacial score (nSPS) is 25.8. The molecule has 1 unspecified atom stereocenters. The quantitative estimate of drug-likeness (QED) is 0.785. The van der Waals surface area contributed by atoms with Gasteiger partial charge in [-0.15, -0.1) is 4.72 Å². The molecule has 1 heterocycles. The molecule has 120 valence electrons. The number of nitrogens with one attached hydrogen (secondary N) is 1. The van der Waals surface area contributed by atoms with Crippen molar-refractivity contribution < 1.29 is 18.1 Å². The lowest BCUT2D eigenvalue weighted by Gasteiger charge is -2.38. The summed E-state index contributed by atoms with van der Waals surface area (Å²) in [6.07, 6.45) is -1.78. The molecule has 0 aliphatic carbocycles. The molecule has 0 aromatic heterocycles. The summed E-state index contributed by atoms with van der Waals surface area (Å²) in [6.45, 7) is 4.58. The van der Waals surface area contributed by atoms with Crippen LogP contribution in [0, 0.1) is 17.1 Å². The monoisotopic (exact) mass is 392 g/mol. The number of fused-ring (bicyclic) bond motifs is 1. The molecule has 1 aliphatic heterocycles.